The molecule has 2 saturated carbocycles. The quantitative estimate of drug-likeness (QED) is 0.593. The third kappa shape index (κ3) is 1.21. The topological polar surface area (TPSA) is 0 Å². The number of hydrogen-bond acceptors (Lipinski definition) is 0. The first-order valence-electron chi connectivity index (χ1n) is 4.68. The summed E-state index contributed by atoms with van der Waals surface area (Å²) in [6.45, 7) is 7.14. The fourth-order valence-corrected chi connectivity index (χ4v) is 3.88. The van der Waals surface area contributed by atoms with Crippen LogP contribution in [0.1, 0.15) is 33.6 Å². The minimum atomic E-state index is 0.335. The Morgan fingerprint density at radius 3 is 2.25 bits per heavy atom. The molecule has 0 spiro atoms. The molecule has 0 N–H and O–H groups in total. The lowest BCUT2D eigenvalue weighted by atomic mass is 9.90. The first-order chi connectivity index (χ1) is 5.36. The molecule has 0 heterocycles. The smallest absolute Gasteiger partial charge is 0.0357 e. The minimum Gasteiger partial charge on any atom is -0.0875 e. The molecular weight excluding hydrogens is 280 g/mol. The van der Waals surface area contributed by atoms with Gasteiger partial charge in [-0.3, -0.25) is 0 Å². The van der Waals surface area contributed by atoms with Gasteiger partial charge in [-0.1, -0.05) is 45.7 Å². The van der Waals surface area contributed by atoms with E-state index in [2.05, 4.69) is 52.6 Å². The zero-order chi connectivity index (χ0) is 9.15. The summed E-state index contributed by atoms with van der Waals surface area (Å²) in [7, 11) is 0. The van der Waals surface area contributed by atoms with Crippen LogP contribution in [0.3, 0.4) is 0 Å². The summed E-state index contributed by atoms with van der Waals surface area (Å²) in [5.74, 6) is 1.95. The van der Waals surface area contributed by atoms with Crippen LogP contribution in [0.4, 0.5) is 0 Å². The molecule has 0 aromatic rings. The van der Waals surface area contributed by atoms with Crippen molar-refractivity contribution in [2.45, 2.75) is 42.8 Å². The highest BCUT2D eigenvalue weighted by Gasteiger charge is 2.63. The van der Waals surface area contributed by atoms with Crippen molar-refractivity contribution >= 4 is 31.9 Å². The highest BCUT2D eigenvalue weighted by molar-refractivity contribution is 9.12. The summed E-state index contributed by atoms with van der Waals surface area (Å²) in [6.07, 6.45) is 2.68. The van der Waals surface area contributed by atoms with Crippen LogP contribution in [0.15, 0.2) is 0 Å². The molecular formula is C10H16Br2. The molecule has 2 aliphatic carbocycles. The molecule has 0 saturated heterocycles. The molecule has 4 atom stereocenters. The normalized spacial score (nSPS) is 56.2. The number of halogens is 2. The molecule has 2 fully saturated rings. The third-order valence-corrected chi connectivity index (χ3v) is 6.90. The number of rotatable bonds is 0. The molecule has 0 bridgehead atoms. The fraction of sp³-hybridized carbons (Fsp3) is 1.00. The molecule has 0 aromatic heterocycles. The highest BCUT2D eigenvalue weighted by Crippen LogP contribution is 2.68. The van der Waals surface area contributed by atoms with Crippen LogP contribution in [0.25, 0.3) is 0 Å². The second kappa shape index (κ2) is 2.50. The van der Waals surface area contributed by atoms with E-state index in [0.717, 1.165) is 11.8 Å². The van der Waals surface area contributed by atoms with E-state index in [4.69, 9.17) is 0 Å². The van der Waals surface area contributed by atoms with Crippen LogP contribution in [-0.4, -0.2) is 9.15 Å². The lowest BCUT2D eigenvalue weighted by Gasteiger charge is -2.32. The maximum atomic E-state index is 3.83. The van der Waals surface area contributed by atoms with Gasteiger partial charge in [0.1, 0.15) is 0 Å². The molecule has 0 radical (unpaired) electrons. The van der Waals surface area contributed by atoms with Gasteiger partial charge in [-0.2, -0.15) is 0 Å². The molecule has 12 heavy (non-hydrogen) atoms. The van der Waals surface area contributed by atoms with Gasteiger partial charge in [-0.25, -0.2) is 0 Å². The monoisotopic (exact) mass is 294 g/mol. The summed E-state index contributed by atoms with van der Waals surface area (Å²) in [6, 6.07) is 0. The van der Waals surface area contributed by atoms with Crippen LogP contribution < -0.4 is 0 Å². The van der Waals surface area contributed by atoms with Crippen LogP contribution in [0.5, 0.6) is 0 Å². The Kier molecular flexibility index (Phi) is 1.98. The molecule has 0 nitrogen and oxygen atoms in total. The van der Waals surface area contributed by atoms with Crippen LogP contribution in [-0.2, 0) is 0 Å². The van der Waals surface area contributed by atoms with E-state index in [1.165, 1.54) is 12.8 Å². The first-order valence-corrected chi connectivity index (χ1v) is 6.39. The van der Waals surface area contributed by atoms with E-state index in [9.17, 15) is 0 Å². The van der Waals surface area contributed by atoms with Crippen molar-refractivity contribution in [2.24, 2.45) is 17.3 Å². The van der Waals surface area contributed by atoms with E-state index >= 15 is 0 Å². The first kappa shape index (κ1) is 9.51. The van der Waals surface area contributed by atoms with Crippen molar-refractivity contribution < 1.29 is 0 Å². The van der Waals surface area contributed by atoms with E-state index in [1.54, 1.807) is 0 Å². The highest BCUT2D eigenvalue weighted by atomic mass is 79.9. The molecule has 70 valence electrons. The van der Waals surface area contributed by atoms with Gasteiger partial charge in [0.25, 0.3) is 0 Å². The summed E-state index contributed by atoms with van der Waals surface area (Å²) < 4.78 is 0.335. The van der Waals surface area contributed by atoms with Gasteiger partial charge >= 0.3 is 0 Å². The summed E-state index contributed by atoms with van der Waals surface area (Å²) in [5.41, 5.74) is 0.623. The molecule has 2 heteroatoms. The number of alkyl halides is 2. The maximum absolute atomic E-state index is 3.83. The van der Waals surface area contributed by atoms with Crippen LogP contribution >= 0.6 is 31.9 Å². The molecule has 2 aliphatic rings. The van der Waals surface area contributed by atoms with Crippen molar-refractivity contribution in [1.82, 2.24) is 0 Å². The second-order valence-corrected chi connectivity index (χ2v) is 8.14. The lowest BCUT2D eigenvalue weighted by Crippen LogP contribution is -2.32. The van der Waals surface area contributed by atoms with Crippen LogP contribution in [0, 0.1) is 17.3 Å². The van der Waals surface area contributed by atoms with Gasteiger partial charge in [0, 0.05) is 9.15 Å². The molecule has 0 aromatic carbocycles. The van der Waals surface area contributed by atoms with Crippen molar-refractivity contribution in [3.05, 3.63) is 0 Å². The second-order valence-electron chi connectivity index (χ2n) is 5.22. The van der Waals surface area contributed by atoms with E-state index in [1.807, 2.05) is 0 Å². The number of fused-ring (bicyclic) bond motifs is 1. The summed E-state index contributed by atoms with van der Waals surface area (Å²) >= 11 is 7.61. The lowest BCUT2D eigenvalue weighted by molar-refractivity contribution is 0.426. The van der Waals surface area contributed by atoms with Gasteiger partial charge in [0.05, 0.1) is 0 Å². The Balaban J connectivity index is 2.14. The summed E-state index contributed by atoms with van der Waals surface area (Å²) in [4.78, 5) is 0.660. The third-order valence-electron chi connectivity index (χ3n) is 4.02. The van der Waals surface area contributed by atoms with Crippen molar-refractivity contribution in [3.63, 3.8) is 0 Å². The average molecular weight is 296 g/mol. The maximum Gasteiger partial charge on any atom is 0.0357 e. The molecule has 0 amide bonds. The SMILES string of the molecule is CC1(C)C2C[C@@H](Br)[C@](C)(Br)CC21. The Morgan fingerprint density at radius 2 is 1.75 bits per heavy atom. The minimum absolute atomic E-state index is 0.335. The largest absolute Gasteiger partial charge is 0.0875 e. The van der Waals surface area contributed by atoms with Gasteiger partial charge in [-0.05, 0) is 37.0 Å². The van der Waals surface area contributed by atoms with Gasteiger partial charge in [0.2, 0.25) is 0 Å². The van der Waals surface area contributed by atoms with E-state index in [0.29, 0.717) is 14.6 Å². The zero-order valence-corrected chi connectivity index (χ0v) is 11.1. The standard InChI is InChI=1S/C10H16Br2/c1-9(2)6-4-8(11)10(3,12)5-7(6)9/h6-8H,4-5H2,1-3H3/t6?,7?,8-,10-/m1/s1. The van der Waals surface area contributed by atoms with Crippen molar-refractivity contribution in [3.8, 4) is 0 Å². The van der Waals surface area contributed by atoms with Gasteiger partial charge in [-0.15, -0.1) is 0 Å². The molecule has 2 rings (SSSR count). The molecule has 0 aliphatic heterocycles. The fourth-order valence-electron chi connectivity index (χ4n) is 2.76. The van der Waals surface area contributed by atoms with Gasteiger partial charge in [0.15, 0.2) is 0 Å². The van der Waals surface area contributed by atoms with Gasteiger partial charge < -0.3 is 0 Å². The molecule has 2 unspecified atom stereocenters. The van der Waals surface area contributed by atoms with E-state index in [-0.39, 0.29) is 0 Å². The Hall–Kier alpha value is 0.960. The number of hydrogen-bond donors (Lipinski definition) is 0. The van der Waals surface area contributed by atoms with Crippen molar-refractivity contribution in [2.75, 3.05) is 0 Å². The zero-order valence-electron chi connectivity index (χ0n) is 7.90. The Bertz CT molecular complexity index is 208. The predicted octanol–water partition coefficient (Wildman–Crippen LogP) is 3.97. The summed E-state index contributed by atoms with van der Waals surface area (Å²) in [5, 5.41) is 0. The predicted molar refractivity (Wildman–Crippen MR) is 60.0 cm³/mol. The Morgan fingerprint density at radius 1 is 1.17 bits per heavy atom. The Labute approximate surface area is 91.7 Å². The van der Waals surface area contributed by atoms with Crippen LogP contribution in [0.2, 0.25) is 0 Å². The average Bonchev–Trinajstić information content (AvgIpc) is 2.37. The van der Waals surface area contributed by atoms with E-state index < -0.39 is 0 Å². The van der Waals surface area contributed by atoms with Crippen molar-refractivity contribution in [1.29, 1.82) is 0 Å².